The molecule has 11 heteroatoms. The molecule has 3 heterocycles. The molecule has 3 atom stereocenters. The number of anilines is 1. The number of hydrogen-bond acceptors (Lipinski definition) is 8. The molecule has 9 nitrogen and oxygen atoms in total. The Morgan fingerprint density at radius 2 is 2.03 bits per heavy atom. The third kappa shape index (κ3) is 4.85. The normalized spacial score (nSPS) is 23.0. The topological polar surface area (TPSA) is 94.4 Å². The number of aliphatic hydroxyl groups is 1. The second-order valence-electron chi connectivity index (χ2n) is 7.99. The molecule has 33 heavy (non-hydrogen) atoms. The minimum absolute atomic E-state index is 0.0615. The Morgan fingerprint density at radius 3 is 2.73 bits per heavy atom. The molecule has 1 N–H and O–H groups in total. The van der Waals surface area contributed by atoms with Gasteiger partial charge in [0.2, 0.25) is 5.91 Å². The Morgan fingerprint density at radius 1 is 1.27 bits per heavy atom. The van der Waals surface area contributed by atoms with Crippen LogP contribution in [0.3, 0.4) is 0 Å². The summed E-state index contributed by atoms with van der Waals surface area (Å²) >= 11 is 12.7. The molecule has 1 aromatic heterocycles. The van der Waals surface area contributed by atoms with Gasteiger partial charge in [-0.05, 0) is 25.1 Å². The summed E-state index contributed by atoms with van der Waals surface area (Å²) in [4.78, 5) is 25.5. The van der Waals surface area contributed by atoms with Gasteiger partial charge >= 0.3 is 0 Å². The monoisotopic (exact) mass is 492 g/mol. The average molecular weight is 493 g/mol. The highest BCUT2D eigenvalue weighted by Gasteiger charge is 2.38. The van der Waals surface area contributed by atoms with E-state index in [1.807, 2.05) is 19.1 Å². The molecule has 176 valence electrons. The lowest BCUT2D eigenvalue weighted by atomic mass is 10.1. The number of halogens is 2. The fourth-order valence-electron chi connectivity index (χ4n) is 4.09. The van der Waals surface area contributed by atoms with Crippen molar-refractivity contribution in [2.75, 3.05) is 44.8 Å². The molecule has 2 aliphatic rings. The van der Waals surface area contributed by atoms with Gasteiger partial charge in [-0.2, -0.15) is 5.10 Å². The molecule has 1 fully saturated rings. The van der Waals surface area contributed by atoms with E-state index in [2.05, 4.69) is 20.0 Å². The van der Waals surface area contributed by atoms with E-state index < -0.39 is 5.38 Å². The van der Waals surface area contributed by atoms with E-state index in [0.29, 0.717) is 41.9 Å². The summed E-state index contributed by atoms with van der Waals surface area (Å²) in [5.74, 6) is 0.930. The Hall–Kier alpha value is -2.62. The highest BCUT2D eigenvalue weighted by molar-refractivity contribution is 6.35. The number of hydrogen-bond donors (Lipinski definition) is 1. The maximum atomic E-state index is 13.2. The molecule has 0 radical (unpaired) electrons. The summed E-state index contributed by atoms with van der Waals surface area (Å²) in [6.07, 6.45) is 3.27. The third-order valence-corrected chi connectivity index (χ3v) is 6.88. The molecule has 0 spiro atoms. The first-order valence-electron chi connectivity index (χ1n) is 10.7. The molecule has 1 aromatic carbocycles. The smallest absolute Gasteiger partial charge is 0.244 e. The van der Waals surface area contributed by atoms with E-state index in [1.165, 1.54) is 0 Å². The van der Waals surface area contributed by atoms with Crippen molar-refractivity contribution < 1.29 is 14.6 Å². The maximum absolute atomic E-state index is 13.2. The van der Waals surface area contributed by atoms with Gasteiger partial charge in [-0.1, -0.05) is 11.6 Å². The molecule has 0 saturated carbocycles. The number of amides is 1. The number of rotatable bonds is 6. The van der Waals surface area contributed by atoms with Gasteiger partial charge < -0.3 is 19.6 Å². The molecule has 4 rings (SSSR count). The van der Waals surface area contributed by atoms with Gasteiger partial charge in [0.05, 0.1) is 30.8 Å². The number of nitrogens with zero attached hydrogens (tertiary/aromatic N) is 6. The second-order valence-corrected chi connectivity index (χ2v) is 8.86. The Bertz CT molecular complexity index is 1020. The molecule has 2 aromatic rings. The molecular weight excluding hydrogens is 467 g/mol. The van der Waals surface area contributed by atoms with E-state index in [9.17, 15) is 9.90 Å². The first-order chi connectivity index (χ1) is 15.9. The SMILES string of the molecule is COc1cc(N2CCN(C(=O)CN3N=C(c4ncccn4)C(Cl)C3C)[C@@H](CO)C2)ccc1Cl. The summed E-state index contributed by atoms with van der Waals surface area (Å²) in [6, 6.07) is 6.74. The lowest BCUT2D eigenvalue weighted by molar-refractivity contribution is -0.136. The molecule has 2 unspecified atom stereocenters. The zero-order valence-corrected chi connectivity index (χ0v) is 19.9. The van der Waals surface area contributed by atoms with E-state index in [0.717, 1.165) is 5.69 Å². The largest absolute Gasteiger partial charge is 0.495 e. The van der Waals surface area contributed by atoms with Crippen LogP contribution >= 0.6 is 23.2 Å². The molecule has 1 amide bonds. The molecule has 2 aliphatic heterocycles. The number of aliphatic hydroxyl groups excluding tert-OH is 1. The van der Waals surface area contributed by atoms with Gasteiger partial charge in [-0.15, -0.1) is 11.6 Å². The van der Waals surface area contributed by atoms with Crippen molar-refractivity contribution >= 4 is 40.5 Å². The summed E-state index contributed by atoms with van der Waals surface area (Å²) in [5, 5.41) is 16.3. The van der Waals surface area contributed by atoms with Gasteiger partial charge in [-0.25, -0.2) is 9.97 Å². The lowest BCUT2D eigenvalue weighted by Crippen LogP contribution is -2.58. The van der Waals surface area contributed by atoms with Crippen molar-refractivity contribution in [2.45, 2.75) is 24.4 Å². The summed E-state index contributed by atoms with van der Waals surface area (Å²) in [7, 11) is 1.57. The van der Waals surface area contributed by atoms with Gasteiger partial charge in [-0.3, -0.25) is 9.80 Å². The number of methoxy groups -OCH3 is 1. The number of aromatic nitrogens is 2. The second kappa shape index (κ2) is 10.1. The number of ether oxygens (including phenoxy) is 1. The van der Waals surface area contributed by atoms with Crippen LogP contribution in [0, 0.1) is 0 Å². The third-order valence-electron chi connectivity index (χ3n) is 6.00. The van der Waals surface area contributed by atoms with Crippen LogP contribution in [-0.4, -0.2) is 94.0 Å². The van der Waals surface area contributed by atoms with Gasteiger partial charge in [0.1, 0.15) is 23.4 Å². The number of benzene rings is 1. The zero-order valence-electron chi connectivity index (χ0n) is 18.4. The fraction of sp³-hybridized carbons (Fsp3) is 0.455. The predicted molar refractivity (Wildman–Crippen MR) is 127 cm³/mol. The van der Waals surface area contributed by atoms with Crippen molar-refractivity contribution in [1.82, 2.24) is 19.9 Å². The maximum Gasteiger partial charge on any atom is 0.244 e. The van der Waals surface area contributed by atoms with Crippen LogP contribution in [0.15, 0.2) is 41.8 Å². The first kappa shape index (κ1) is 23.5. The number of carbonyl (C=O) groups excluding carboxylic acids is 1. The first-order valence-corrected chi connectivity index (χ1v) is 11.5. The van der Waals surface area contributed by atoms with Crippen LogP contribution in [0.1, 0.15) is 12.7 Å². The van der Waals surface area contributed by atoms with Gasteiger partial charge in [0.15, 0.2) is 5.82 Å². The lowest BCUT2D eigenvalue weighted by Gasteiger charge is -2.42. The number of piperazine rings is 1. The van der Waals surface area contributed by atoms with Crippen molar-refractivity contribution in [3.63, 3.8) is 0 Å². The van der Waals surface area contributed by atoms with Crippen LogP contribution in [0.4, 0.5) is 5.69 Å². The Labute approximate surface area is 202 Å². The van der Waals surface area contributed by atoms with Crippen LogP contribution in [0.2, 0.25) is 5.02 Å². The van der Waals surface area contributed by atoms with E-state index >= 15 is 0 Å². The highest BCUT2D eigenvalue weighted by atomic mass is 35.5. The average Bonchev–Trinajstić information content (AvgIpc) is 3.12. The van der Waals surface area contributed by atoms with Crippen molar-refractivity contribution in [3.8, 4) is 5.75 Å². The van der Waals surface area contributed by atoms with Crippen LogP contribution < -0.4 is 9.64 Å². The van der Waals surface area contributed by atoms with Crippen LogP contribution in [0.5, 0.6) is 5.75 Å². The number of alkyl halides is 1. The Balaban J connectivity index is 1.44. The molecular formula is C22H26Cl2N6O3. The van der Waals surface area contributed by atoms with E-state index in [1.54, 1.807) is 41.5 Å². The fourth-order valence-corrected chi connectivity index (χ4v) is 4.56. The van der Waals surface area contributed by atoms with E-state index in [4.69, 9.17) is 27.9 Å². The standard InChI is InChI=1S/C22H26Cl2N6O3/c1-14-20(24)21(22-25-6-3-7-26-22)27-30(14)12-19(32)29-9-8-28(11-16(29)13-31)15-4-5-17(23)18(10-15)33-2/h3-7,10,14,16,20,31H,8-9,11-13H2,1-2H3/t14?,16-,20?/m1/s1. The van der Waals surface area contributed by atoms with Crippen molar-refractivity contribution in [3.05, 3.63) is 47.5 Å². The van der Waals surface area contributed by atoms with Crippen LogP contribution in [-0.2, 0) is 4.79 Å². The zero-order chi connectivity index (χ0) is 23.5. The Kier molecular flexibility index (Phi) is 7.21. The minimum Gasteiger partial charge on any atom is -0.495 e. The molecule has 0 bridgehead atoms. The van der Waals surface area contributed by atoms with E-state index in [-0.39, 0.29) is 31.1 Å². The quantitative estimate of drug-likeness (QED) is 0.614. The summed E-state index contributed by atoms with van der Waals surface area (Å²) in [5.41, 5.74) is 1.48. The molecule has 1 saturated heterocycles. The number of hydrazone groups is 1. The summed E-state index contributed by atoms with van der Waals surface area (Å²) < 4.78 is 5.31. The van der Waals surface area contributed by atoms with Crippen LogP contribution in [0.25, 0.3) is 0 Å². The highest BCUT2D eigenvalue weighted by Crippen LogP contribution is 2.30. The minimum atomic E-state index is -0.425. The molecule has 0 aliphatic carbocycles. The van der Waals surface area contributed by atoms with Crippen molar-refractivity contribution in [1.29, 1.82) is 0 Å². The predicted octanol–water partition coefficient (Wildman–Crippen LogP) is 1.86. The summed E-state index contributed by atoms with van der Waals surface area (Å²) in [6.45, 7) is 3.42. The van der Waals surface area contributed by atoms with Gasteiger partial charge in [0.25, 0.3) is 0 Å². The number of carbonyl (C=O) groups is 1. The van der Waals surface area contributed by atoms with Crippen molar-refractivity contribution in [2.24, 2.45) is 5.10 Å². The van der Waals surface area contributed by atoms with Gasteiger partial charge in [0, 0.05) is 43.8 Å².